The van der Waals surface area contributed by atoms with Gasteiger partial charge in [0, 0.05) is 52.9 Å². The first-order valence-corrected chi connectivity index (χ1v) is 13.6. The third kappa shape index (κ3) is 4.50. The SMILES string of the molecule is CCN1C2=C(C(=O)CCC2)C(c2cc(Br)c(OCc3ccc(Cl)cc3)c(OC)c2)C2=C1CCCC2=O. The predicted molar refractivity (Wildman–Crippen MR) is 143 cm³/mol. The molecule has 0 aromatic heterocycles. The number of nitrogens with zero attached hydrogens (tertiary/aromatic N) is 1. The number of hydrogen-bond donors (Lipinski definition) is 0. The van der Waals surface area contributed by atoms with Gasteiger partial charge in [-0.2, -0.15) is 0 Å². The van der Waals surface area contributed by atoms with Gasteiger partial charge in [0.25, 0.3) is 0 Å². The van der Waals surface area contributed by atoms with Crippen LogP contribution in [0.4, 0.5) is 0 Å². The maximum Gasteiger partial charge on any atom is 0.175 e. The van der Waals surface area contributed by atoms with Crippen LogP contribution in [-0.4, -0.2) is 30.1 Å². The Kier molecular flexibility index (Phi) is 7.27. The van der Waals surface area contributed by atoms with Crippen LogP contribution in [0.3, 0.4) is 0 Å². The first-order chi connectivity index (χ1) is 17.4. The first kappa shape index (κ1) is 25.1. The molecule has 1 aliphatic heterocycles. The van der Waals surface area contributed by atoms with Gasteiger partial charge in [-0.25, -0.2) is 0 Å². The molecule has 0 bridgehead atoms. The number of halogens is 2. The fourth-order valence-electron chi connectivity index (χ4n) is 5.71. The zero-order chi connectivity index (χ0) is 25.4. The van der Waals surface area contributed by atoms with Crippen molar-refractivity contribution in [1.82, 2.24) is 4.90 Å². The Morgan fingerprint density at radius 3 is 2.14 bits per heavy atom. The van der Waals surface area contributed by atoms with Crippen molar-refractivity contribution in [3.63, 3.8) is 0 Å². The molecule has 7 heteroatoms. The molecule has 0 radical (unpaired) electrons. The largest absolute Gasteiger partial charge is 0.493 e. The number of carbonyl (C=O) groups excluding carboxylic acids is 2. The van der Waals surface area contributed by atoms with Crippen molar-refractivity contribution in [1.29, 1.82) is 0 Å². The minimum absolute atomic E-state index is 0.141. The smallest absolute Gasteiger partial charge is 0.175 e. The summed E-state index contributed by atoms with van der Waals surface area (Å²) in [6.45, 7) is 3.21. The minimum Gasteiger partial charge on any atom is -0.493 e. The van der Waals surface area contributed by atoms with Crippen molar-refractivity contribution in [3.8, 4) is 11.5 Å². The van der Waals surface area contributed by atoms with E-state index in [0.717, 1.165) is 70.4 Å². The lowest BCUT2D eigenvalue weighted by atomic mass is 9.71. The molecule has 0 amide bonds. The lowest BCUT2D eigenvalue weighted by Gasteiger charge is -2.43. The number of allylic oxidation sites excluding steroid dienone is 4. The molecule has 2 aromatic carbocycles. The molecule has 5 nitrogen and oxygen atoms in total. The molecule has 2 aliphatic carbocycles. The topological polar surface area (TPSA) is 55.8 Å². The van der Waals surface area contributed by atoms with Gasteiger partial charge in [-0.3, -0.25) is 9.59 Å². The van der Waals surface area contributed by atoms with Crippen molar-refractivity contribution < 1.29 is 19.1 Å². The fourth-order valence-corrected chi connectivity index (χ4v) is 6.41. The van der Waals surface area contributed by atoms with Gasteiger partial charge in [0.05, 0.1) is 11.6 Å². The summed E-state index contributed by atoms with van der Waals surface area (Å²) in [6, 6.07) is 11.4. The minimum atomic E-state index is -0.381. The number of Topliss-reactive ketones (excluding diaryl/α,β-unsaturated/α-hetero) is 2. The van der Waals surface area contributed by atoms with E-state index in [0.29, 0.717) is 36.0 Å². The number of hydrogen-bond acceptors (Lipinski definition) is 5. The molecule has 5 rings (SSSR count). The molecule has 0 fully saturated rings. The second-order valence-electron chi connectivity index (χ2n) is 9.40. The zero-order valence-electron chi connectivity index (χ0n) is 20.5. The number of ketones is 2. The van der Waals surface area contributed by atoms with Crippen LogP contribution in [0.5, 0.6) is 11.5 Å². The predicted octanol–water partition coefficient (Wildman–Crippen LogP) is 7.12. The molecule has 0 spiro atoms. The Balaban J connectivity index is 1.59. The van der Waals surface area contributed by atoms with E-state index in [1.807, 2.05) is 36.4 Å². The third-order valence-electron chi connectivity index (χ3n) is 7.28. The Morgan fingerprint density at radius 1 is 0.972 bits per heavy atom. The lowest BCUT2D eigenvalue weighted by molar-refractivity contribution is -0.117. The Morgan fingerprint density at radius 2 is 1.58 bits per heavy atom. The van der Waals surface area contributed by atoms with E-state index >= 15 is 0 Å². The van der Waals surface area contributed by atoms with Gasteiger partial charge >= 0.3 is 0 Å². The van der Waals surface area contributed by atoms with Crippen molar-refractivity contribution in [3.05, 3.63) is 79.6 Å². The van der Waals surface area contributed by atoms with Crippen LogP contribution in [-0.2, 0) is 16.2 Å². The van der Waals surface area contributed by atoms with Gasteiger partial charge in [-0.15, -0.1) is 0 Å². The summed E-state index contributed by atoms with van der Waals surface area (Å²) < 4.78 is 12.6. The van der Waals surface area contributed by atoms with Crippen LogP contribution < -0.4 is 9.47 Å². The maximum atomic E-state index is 13.3. The summed E-state index contributed by atoms with van der Waals surface area (Å²) >= 11 is 9.69. The summed E-state index contributed by atoms with van der Waals surface area (Å²) in [5.41, 5.74) is 5.59. The molecule has 0 atom stereocenters. The number of rotatable bonds is 6. The van der Waals surface area contributed by atoms with Crippen molar-refractivity contribution >= 4 is 39.1 Å². The lowest BCUT2D eigenvalue weighted by Crippen LogP contribution is -2.39. The van der Waals surface area contributed by atoms with E-state index in [2.05, 4.69) is 27.8 Å². The van der Waals surface area contributed by atoms with Gasteiger partial charge < -0.3 is 14.4 Å². The molecule has 3 aliphatic rings. The highest BCUT2D eigenvalue weighted by atomic mass is 79.9. The van der Waals surface area contributed by atoms with Crippen molar-refractivity contribution in [2.24, 2.45) is 0 Å². The molecule has 0 N–H and O–H groups in total. The normalized spacial score (nSPS) is 18.4. The standard InChI is InChI=1S/C29H29BrClNO4/c1-3-32-21-6-4-8-23(33)27(21)26(28-22(32)7-5-9-24(28)34)18-14-20(30)29(25(15-18)35-2)36-16-17-10-12-19(31)13-11-17/h10-15,26H,3-9,16H2,1-2H3. The second kappa shape index (κ2) is 10.4. The summed E-state index contributed by atoms with van der Waals surface area (Å²) in [5.74, 6) is 1.04. The fraction of sp³-hybridized carbons (Fsp3) is 0.379. The molecular formula is C29H29BrClNO4. The van der Waals surface area contributed by atoms with E-state index in [4.69, 9.17) is 21.1 Å². The van der Waals surface area contributed by atoms with Gasteiger partial charge in [0.15, 0.2) is 23.1 Å². The molecule has 36 heavy (non-hydrogen) atoms. The molecular weight excluding hydrogens is 542 g/mol. The molecule has 0 unspecified atom stereocenters. The number of carbonyl (C=O) groups is 2. The van der Waals surface area contributed by atoms with Crippen molar-refractivity contribution in [2.75, 3.05) is 13.7 Å². The highest BCUT2D eigenvalue weighted by Gasteiger charge is 2.43. The molecule has 0 saturated carbocycles. The Bertz CT molecular complexity index is 1240. The van der Waals surface area contributed by atoms with Crippen LogP contribution in [0.25, 0.3) is 0 Å². The van der Waals surface area contributed by atoms with Gasteiger partial charge in [-0.05, 0) is 83.9 Å². The van der Waals surface area contributed by atoms with Crippen molar-refractivity contribution in [2.45, 2.75) is 58.0 Å². The first-order valence-electron chi connectivity index (χ1n) is 12.5. The van der Waals surface area contributed by atoms with Crippen LogP contribution in [0, 0.1) is 0 Å². The quantitative estimate of drug-likeness (QED) is 0.370. The van der Waals surface area contributed by atoms with Crippen LogP contribution in [0.1, 0.15) is 62.5 Å². The van der Waals surface area contributed by atoms with E-state index < -0.39 is 0 Å². The molecule has 188 valence electrons. The van der Waals surface area contributed by atoms with E-state index in [9.17, 15) is 9.59 Å². The summed E-state index contributed by atoms with van der Waals surface area (Å²) in [4.78, 5) is 28.9. The number of benzene rings is 2. The van der Waals surface area contributed by atoms with E-state index in [1.54, 1.807) is 7.11 Å². The summed E-state index contributed by atoms with van der Waals surface area (Å²) in [7, 11) is 1.60. The van der Waals surface area contributed by atoms with Gasteiger partial charge in [-0.1, -0.05) is 23.7 Å². The summed E-state index contributed by atoms with van der Waals surface area (Å²) in [6.07, 6.45) is 4.45. The Labute approximate surface area is 225 Å². The number of methoxy groups -OCH3 is 1. The molecule has 0 saturated heterocycles. The van der Waals surface area contributed by atoms with Gasteiger partial charge in [0.1, 0.15) is 6.61 Å². The van der Waals surface area contributed by atoms with E-state index in [-0.39, 0.29) is 17.5 Å². The van der Waals surface area contributed by atoms with Crippen LogP contribution in [0.2, 0.25) is 5.02 Å². The molecule has 1 heterocycles. The molecule has 2 aromatic rings. The zero-order valence-corrected chi connectivity index (χ0v) is 22.9. The third-order valence-corrected chi connectivity index (χ3v) is 8.13. The van der Waals surface area contributed by atoms with Gasteiger partial charge in [0.2, 0.25) is 0 Å². The Hall–Kier alpha value is -2.57. The highest BCUT2D eigenvalue weighted by Crippen LogP contribution is 2.51. The monoisotopic (exact) mass is 569 g/mol. The number of ether oxygens (including phenoxy) is 2. The average Bonchev–Trinajstić information content (AvgIpc) is 2.87. The highest BCUT2D eigenvalue weighted by molar-refractivity contribution is 9.10. The van der Waals surface area contributed by atoms with E-state index in [1.165, 1.54) is 0 Å². The second-order valence-corrected chi connectivity index (χ2v) is 10.7. The summed E-state index contributed by atoms with van der Waals surface area (Å²) in [5, 5.41) is 0.674. The maximum absolute atomic E-state index is 13.3. The van der Waals surface area contributed by atoms with Crippen LogP contribution >= 0.6 is 27.5 Å². The van der Waals surface area contributed by atoms with Crippen LogP contribution in [0.15, 0.2) is 63.4 Å². The average molecular weight is 571 g/mol.